The van der Waals surface area contributed by atoms with Gasteiger partial charge in [0, 0.05) is 5.56 Å². The SMILES string of the molecule is Cc1nc(-c2ccc(F)c(F)c2)c(N)n1N. The van der Waals surface area contributed by atoms with Crippen molar-refractivity contribution in [3.8, 4) is 11.3 Å². The average molecular weight is 224 g/mol. The van der Waals surface area contributed by atoms with Crippen molar-refractivity contribution < 1.29 is 8.78 Å². The van der Waals surface area contributed by atoms with Gasteiger partial charge in [0.05, 0.1) is 0 Å². The lowest BCUT2D eigenvalue weighted by Gasteiger charge is -2.01. The van der Waals surface area contributed by atoms with E-state index in [1.165, 1.54) is 10.7 Å². The number of nitrogens with zero attached hydrogens (tertiary/aromatic N) is 2. The maximum Gasteiger partial charge on any atom is 0.159 e. The van der Waals surface area contributed by atoms with Crippen LogP contribution in [0.5, 0.6) is 0 Å². The Hall–Kier alpha value is -2.11. The van der Waals surface area contributed by atoms with Gasteiger partial charge in [-0.05, 0) is 25.1 Å². The third kappa shape index (κ3) is 1.48. The number of halogens is 2. The first-order chi connectivity index (χ1) is 7.50. The quantitative estimate of drug-likeness (QED) is 0.720. The molecule has 0 aliphatic heterocycles. The highest BCUT2D eigenvalue weighted by atomic mass is 19.2. The summed E-state index contributed by atoms with van der Waals surface area (Å²) in [5, 5.41) is 0. The molecule has 4 N–H and O–H groups in total. The summed E-state index contributed by atoms with van der Waals surface area (Å²) >= 11 is 0. The molecule has 84 valence electrons. The van der Waals surface area contributed by atoms with Crippen LogP contribution in [0.4, 0.5) is 14.6 Å². The van der Waals surface area contributed by atoms with Gasteiger partial charge in [-0.1, -0.05) is 0 Å². The Morgan fingerprint density at radius 1 is 1.25 bits per heavy atom. The number of rotatable bonds is 1. The van der Waals surface area contributed by atoms with E-state index in [-0.39, 0.29) is 5.82 Å². The fraction of sp³-hybridized carbons (Fsp3) is 0.100. The van der Waals surface area contributed by atoms with E-state index in [9.17, 15) is 8.78 Å². The molecular weight excluding hydrogens is 214 g/mol. The lowest BCUT2D eigenvalue weighted by Crippen LogP contribution is -2.13. The highest BCUT2D eigenvalue weighted by Gasteiger charge is 2.13. The van der Waals surface area contributed by atoms with Crippen LogP contribution < -0.4 is 11.6 Å². The van der Waals surface area contributed by atoms with E-state index < -0.39 is 11.6 Å². The summed E-state index contributed by atoms with van der Waals surface area (Å²) in [6, 6.07) is 3.46. The predicted octanol–water partition coefficient (Wildman–Crippen LogP) is 1.43. The van der Waals surface area contributed by atoms with Gasteiger partial charge < -0.3 is 11.6 Å². The molecule has 0 aliphatic carbocycles. The standard InChI is InChI=1S/C10H10F2N4/c1-5-15-9(10(13)16(5)14)6-2-3-7(11)8(12)4-6/h2-4H,13-14H2,1H3. The van der Waals surface area contributed by atoms with Crippen LogP contribution in [0.25, 0.3) is 11.3 Å². The van der Waals surface area contributed by atoms with E-state index in [1.54, 1.807) is 6.92 Å². The summed E-state index contributed by atoms with van der Waals surface area (Å²) in [5.74, 6) is 4.42. The number of imidazole rings is 1. The molecule has 2 rings (SSSR count). The first-order valence-electron chi connectivity index (χ1n) is 4.56. The second-order valence-electron chi connectivity index (χ2n) is 3.39. The maximum atomic E-state index is 13.0. The fourth-order valence-corrected chi connectivity index (χ4v) is 1.42. The molecular formula is C10H10F2N4. The van der Waals surface area contributed by atoms with E-state index in [4.69, 9.17) is 11.6 Å². The molecule has 0 saturated heterocycles. The highest BCUT2D eigenvalue weighted by molar-refractivity contribution is 5.71. The number of aromatic nitrogens is 2. The lowest BCUT2D eigenvalue weighted by atomic mass is 10.1. The van der Waals surface area contributed by atoms with Crippen LogP contribution >= 0.6 is 0 Å². The third-order valence-electron chi connectivity index (χ3n) is 2.32. The second kappa shape index (κ2) is 3.48. The fourth-order valence-electron chi connectivity index (χ4n) is 1.42. The van der Waals surface area contributed by atoms with Gasteiger partial charge in [-0.15, -0.1) is 0 Å². The minimum atomic E-state index is -0.943. The predicted molar refractivity (Wildman–Crippen MR) is 56.9 cm³/mol. The summed E-state index contributed by atoms with van der Waals surface area (Å²) in [5.41, 5.74) is 6.42. The van der Waals surface area contributed by atoms with E-state index >= 15 is 0 Å². The molecule has 0 spiro atoms. The van der Waals surface area contributed by atoms with Crippen LogP contribution in [0.3, 0.4) is 0 Å². The number of hydrogen-bond acceptors (Lipinski definition) is 3. The summed E-state index contributed by atoms with van der Waals surface area (Å²) in [7, 11) is 0. The minimum Gasteiger partial charge on any atom is -0.382 e. The zero-order valence-corrected chi connectivity index (χ0v) is 8.54. The normalized spacial score (nSPS) is 10.7. The van der Waals surface area contributed by atoms with Crippen molar-refractivity contribution in [2.75, 3.05) is 11.6 Å². The molecule has 2 aromatic rings. The molecule has 16 heavy (non-hydrogen) atoms. The summed E-state index contributed by atoms with van der Waals surface area (Å²) in [4.78, 5) is 4.07. The largest absolute Gasteiger partial charge is 0.382 e. The molecule has 1 aromatic heterocycles. The van der Waals surface area contributed by atoms with Gasteiger partial charge in [0.15, 0.2) is 17.5 Å². The van der Waals surface area contributed by atoms with Crippen molar-refractivity contribution in [1.82, 2.24) is 9.66 Å². The van der Waals surface area contributed by atoms with Gasteiger partial charge in [-0.2, -0.15) is 0 Å². The Balaban J connectivity index is 2.59. The molecule has 1 aromatic carbocycles. The Labute approximate surface area is 90.5 Å². The third-order valence-corrected chi connectivity index (χ3v) is 2.32. The van der Waals surface area contributed by atoms with Gasteiger partial charge in [0.1, 0.15) is 11.5 Å². The summed E-state index contributed by atoms with van der Waals surface area (Å²) in [6.45, 7) is 1.67. The second-order valence-corrected chi connectivity index (χ2v) is 3.39. The van der Waals surface area contributed by atoms with Crippen LogP contribution in [0, 0.1) is 18.6 Å². The topological polar surface area (TPSA) is 69.9 Å². The molecule has 1 heterocycles. The molecule has 0 unspecified atom stereocenters. The van der Waals surface area contributed by atoms with Crippen molar-refractivity contribution in [2.45, 2.75) is 6.92 Å². The zero-order chi connectivity index (χ0) is 11.9. The van der Waals surface area contributed by atoms with Gasteiger partial charge in [-0.3, -0.25) is 0 Å². The zero-order valence-electron chi connectivity index (χ0n) is 8.54. The van der Waals surface area contributed by atoms with E-state index in [0.717, 1.165) is 12.1 Å². The number of aryl methyl sites for hydroxylation is 1. The molecule has 0 atom stereocenters. The van der Waals surface area contributed by atoms with Crippen LogP contribution in [0.15, 0.2) is 18.2 Å². The summed E-state index contributed by atoms with van der Waals surface area (Å²) in [6.07, 6.45) is 0. The number of benzene rings is 1. The van der Waals surface area contributed by atoms with Gasteiger partial charge >= 0.3 is 0 Å². The number of nitrogens with two attached hydrogens (primary N) is 2. The molecule has 0 radical (unpaired) electrons. The molecule has 0 bridgehead atoms. The van der Waals surface area contributed by atoms with Crippen LogP contribution in [0.1, 0.15) is 5.82 Å². The Bertz CT molecular complexity index is 548. The average Bonchev–Trinajstić information content (AvgIpc) is 2.50. The van der Waals surface area contributed by atoms with Gasteiger partial charge in [0.25, 0.3) is 0 Å². The number of hydrogen-bond donors (Lipinski definition) is 2. The van der Waals surface area contributed by atoms with Crippen LogP contribution in [-0.2, 0) is 0 Å². The van der Waals surface area contributed by atoms with Crippen LogP contribution in [0.2, 0.25) is 0 Å². The van der Waals surface area contributed by atoms with Gasteiger partial charge in [-0.25, -0.2) is 18.4 Å². The van der Waals surface area contributed by atoms with Crippen molar-refractivity contribution in [1.29, 1.82) is 0 Å². The molecule has 0 amide bonds. The first kappa shape index (κ1) is 10.4. The van der Waals surface area contributed by atoms with E-state index in [1.807, 2.05) is 0 Å². The molecule has 0 fully saturated rings. The molecule has 6 heteroatoms. The van der Waals surface area contributed by atoms with Crippen molar-refractivity contribution in [2.24, 2.45) is 0 Å². The number of anilines is 1. The Morgan fingerprint density at radius 2 is 1.94 bits per heavy atom. The van der Waals surface area contributed by atoms with Crippen molar-refractivity contribution >= 4 is 5.82 Å². The molecule has 4 nitrogen and oxygen atoms in total. The van der Waals surface area contributed by atoms with E-state index in [0.29, 0.717) is 17.1 Å². The molecule has 0 aliphatic rings. The monoisotopic (exact) mass is 224 g/mol. The minimum absolute atomic E-state index is 0.212. The number of nitrogen functional groups attached to an aromatic ring is 2. The lowest BCUT2D eigenvalue weighted by molar-refractivity contribution is 0.509. The smallest absolute Gasteiger partial charge is 0.159 e. The van der Waals surface area contributed by atoms with Crippen LogP contribution in [-0.4, -0.2) is 9.66 Å². The highest BCUT2D eigenvalue weighted by Crippen LogP contribution is 2.25. The van der Waals surface area contributed by atoms with Crippen molar-refractivity contribution in [3.63, 3.8) is 0 Å². The Kier molecular flexibility index (Phi) is 2.26. The maximum absolute atomic E-state index is 13.0. The van der Waals surface area contributed by atoms with Crippen molar-refractivity contribution in [3.05, 3.63) is 35.7 Å². The van der Waals surface area contributed by atoms with Gasteiger partial charge in [0.2, 0.25) is 0 Å². The first-order valence-corrected chi connectivity index (χ1v) is 4.56. The Morgan fingerprint density at radius 3 is 2.44 bits per heavy atom. The van der Waals surface area contributed by atoms with E-state index in [2.05, 4.69) is 4.98 Å². The molecule has 0 saturated carbocycles. The summed E-state index contributed by atoms with van der Waals surface area (Å²) < 4.78 is 27.0.